The van der Waals surface area contributed by atoms with E-state index in [0.717, 1.165) is 41.9 Å². The van der Waals surface area contributed by atoms with Crippen molar-refractivity contribution in [1.82, 2.24) is 14.7 Å². The predicted molar refractivity (Wildman–Crippen MR) is 126 cm³/mol. The highest BCUT2D eigenvalue weighted by Crippen LogP contribution is 2.22. The molecule has 1 saturated heterocycles. The fourth-order valence-corrected chi connectivity index (χ4v) is 4.18. The van der Waals surface area contributed by atoms with Gasteiger partial charge in [0.25, 0.3) is 5.91 Å². The highest BCUT2D eigenvalue weighted by Gasteiger charge is 2.24. The van der Waals surface area contributed by atoms with Crippen LogP contribution in [-0.4, -0.2) is 39.1 Å². The molecule has 166 valence electrons. The van der Waals surface area contributed by atoms with Crippen LogP contribution in [0.1, 0.15) is 54.1 Å². The largest absolute Gasteiger partial charge is 0.336 e. The first-order valence-electron chi connectivity index (χ1n) is 11.3. The van der Waals surface area contributed by atoms with Crippen molar-refractivity contribution in [2.45, 2.75) is 52.0 Å². The van der Waals surface area contributed by atoms with Crippen molar-refractivity contribution in [3.63, 3.8) is 0 Å². The lowest BCUT2D eigenvalue weighted by molar-refractivity contribution is -0.116. The van der Waals surface area contributed by atoms with E-state index >= 15 is 0 Å². The molecule has 1 aliphatic heterocycles. The Morgan fingerprint density at radius 3 is 2.69 bits per heavy atom. The van der Waals surface area contributed by atoms with Crippen molar-refractivity contribution in [2.75, 3.05) is 11.9 Å². The Bertz CT molecular complexity index is 1090. The smallest absolute Gasteiger partial charge is 0.254 e. The number of para-hydroxylation sites is 1. The van der Waals surface area contributed by atoms with Crippen LogP contribution in [0.3, 0.4) is 0 Å². The summed E-state index contributed by atoms with van der Waals surface area (Å²) >= 11 is 0. The number of nitrogens with one attached hydrogen (secondary N) is 1. The molecule has 1 fully saturated rings. The molecule has 2 heterocycles. The Kier molecular flexibility index (Phi) is 6.69. The third kappa shape index (κ3) is 5.07. The standard InChI is InChI=1S/C26H30N4O2/c1-19-16-22(26(32)29-15-7-6-8-20(29)2)12-13-24(19)28-25(31)14-11-21-17-27-30(18-21)23-9-4-3-5-10-23/h3-5,9-10,12-13,16-18,20H,6-8,11,14-15H2,1-2H3,(H,28,31). The summed E-state index contributed by atoms with van der Waals surface area (Å²) in [4.78, 5) is 27.4. The number of carbonyl (C=O) groups excluding carboxylic acids is 2. The van der Waals surface area contributed by atoms with E-state index in [4.69, 9.17) is 0 Å². The van der Waals surface area contributed by atoms with Gasteiger partial charge in [-0.3, -0.25) is 9.59 Å². The molecule has 4 rings (SSSR count). The van der Waals surface area contributed by atoms with Crippen LogP contribution in [0.4, 0.5) is 5.69 Å². The minimum absolute atomic E-state index is 0.0516. The molecule has 3 aromatic rings. The predicted octanol–water partition coefficient (Wildman–Crippen LogP) is 4.77. The highest BCUT2D eigenvalue weighted by molar-refractivity contribution is 5.96. The number of hydrogen-bond donors (Lipinski definition) is 1. The Balaban J connectivity index is 1.33. The van der Waals surface area contributed by atoms with Crippen molar-refractivity contribution in [1.29, 1.82) is 0 Å². The summed E-state index contributed by atoms with van der Waals surface area (Å²) in [6.07, 6.45) is 8.04. The number of nitrogens with zero attached hydrogens (tertiary/aromatic N) is 3. The van der Waals surface area contributed by atoms with E-state index in [0.29, 0.717) is 18.4 Å². The molecule has 6 nitrogen and oxygen atoms in total. The fourth-order valence-electron chi connectivity index (χ4n) is 4.18. The lowest BCUT2D eigenvalue weighted by Gasteiger charge is -2.33. The van der Waals surface area contributed by atoms with Crippen molar-refractivity contribution >= 4 is 17.5 Å². The molecule has 1 N–H and O–H groups in total. The molecule has 2 aromatic carbocycles. The first-order chi connectivity index (χ1) is 15.5. The van der Waals surface area contributed by atoms with E-state index in [1.165, 1.54) is 6.42 Å². The van der Waals surface area contributed by atoms with Gasteiger partial charge in [0.15, 0.2) is 0 Å². The Morgan fingerprint density at radius 2 is 1.94 bits per heavy atom. The van der Waals surface area contributed by atoms with Gasteiger partial charge in [0.2, 0.25) is 5.91 Å². The zero-order chi connectivity index (χ0) is 22.5. The number of hydrogen-bond acceptors (Lipinski definition) is 3. The zero-order valence-electron chi connectivity index (χ0n) is 18.8. The quantitative estimate of drug-likeness (QED) is 0.613. The third-order valence-electron chi connectivity index (χ3n) is 6.11. The maximum absolute atomic E-state index is 12.9. The molecule has 2 amide bonds. The van der Waals surface area contributed by atoms with Crippen LogP contribution in [0, 0.1) is 6.92 Å². The van der Waals surface area contributed by atoms with E-state index in [-0.39, 0.29) is 17.9 Å². The van der Waals surface area contributed by atoms with Gasteiger partial charge in [0.1, 0.15) is 0 Å². The topological polar surface area (TPSA) is 67.2 Å². The van der Waals surface area contributed by atoms with Crippen LogP contribution in [0.2, 0.25) is 0 Å². The summed E-state index contributed by atoms with van der Waals surface area (Å²) in [5.41, 5.74) is 4.33. The summed E-state index contributed by atoms with van der Waals surface area (Å²) in [6, 6.07) is 15.7. The second-order valence-corrected chi connectivity index (χ2v) is 8.55. The molecular formula is C26H30N4O2. The average Bonchev–Trinajstić information content (AvgIpc) is 3.29. The summed E-state index contributed by atoms with van der Waals surface area (Å²) in [5, 5.41) is 7.36. The molecule has 0 bridgehead atoms. The maximum Gasteiger partial charge on any atom is 0.254 e. The molecule has 0 radical (unpaired) electrons. The van der Waals surface area contributed by atoms with E-state index in [1.54, 1.807) is 6.20 Å². The minimum atomic E-state index is -0.0516. The van der Waals surface area contributed by atoms with Crippen LogP contribution >= 0.6 is 0 Å². The third-order valence-corrected chi connectivity index (χ3v) is 6.11. The SMILES string of the molecule is Cc1cc(C(=O)N2CCCCC2C)ccc1NC(=O)CCc1cnn(-c2ccccc2)c1. The molecule has 0 saturated carbocycles. The van der Waals surface area contributed by atoms with Crippen molar-refractivity contribution in [2.24, 2.45) is 0 Å². The van der Waals surface area contributed by atoms with Crippen LogP contribution in [0.25, 0.3) is 5.69 Å². The fraction of sp³-hybridized carbons (Fsp3) is 0.346. The molecule has 1 aromatic heterocycles. The number of rotatable bonds is 6. The number of aromatic nitrogens is 2. The first kappa shape index (κ1) is 21.8. The Labute approximate surface area is 189 Å². The minimum Gasteiger partial charge on any atom is -0.336 e. The molecule has 1 unspecified atom stereocenters. The van der Waals surface area contributed by atoms with Crippen molar-refractivity contribution in [3.05, 3.63) is 77.6 Å². The van der Waals surface area contributed by atoms with Gasteiger partial charge >= 0.3 is 0 Å². The molecule has 1 aliphatic rings. The van der Waals surface area contributed by atoms with Gasteiger partial charge in [-0.25, -0.2) is 4.68 Å². The number of aryl methyl sites for hydroxylation is 2. The number of carbonyl (C=O) groups is 2. The number of likely N-dealkylation sites (tertiary alicyclic amines) is 1. The average molecular weight is 431 g/mol. The van der Waals surface area contributed by atoms with Gasteiger partial charge in [-0.15, -0.1) is 0 Å². The van der Waals surface area contributed by atoms with Crippen molar-refractivity contribution in [3.8, 4) is 5.69 Å². The molecule has 32 heavy (non-hydrogen) atoms. The van der Waals surface area contributed by atoms with E-state index in [2.05, 4.69) is 17.3 Å². The molecule has 1 atom stereocenters. The van der Waals surface area contributed by atoms with Gasteiger partial charge in [-0.2, -0.15) is 5.10 Å². The molecule has 6 heteroatoms. The lowest BCUT2D eigenvalue weighted by atomic mass is 10.0. The Hall–Kier alpha value is -3.41. The van der Waals surface area contributed by atoms with Gasteiger partial charge in [0.05, 0.1) is 11.9 Å². The summed E-state index contributed by atoms with van der Waals surface area (Å²) < 4.78 is 1.82. The van der Waals surface area contributed by atoms with E-state index < -0.39 is 0 Å². The summed E-state index contributed by atoms with van der Waals surface area (Å²) in [5.74, 6) is 0.0258. The van der Waals surface area contributed by atoms with Crippen LogP contribution < -0.4 is 5.32 Å². The molecule has 0 spiro atoms. The van der Waals surface area contributed by atoms with Gasteiger partial charge in [-0.05, 0) is 81.0 Å². The van der Waals surface area contributed by atoms with Crippen LogP contribution in [0.15, 0.2) is 60.9 Å². The van der Waals surface area contributed by atoms with Crippen molar-refractivity contribution < 1.29 is 9.59 Å². The van der Waals surface area contributed by atoms with Gasteiger partial charge in [-0.1, -0.05) is 18.2 Å². The first-order valence-corrected chi connectivity index (χ1v) is 11.3. The second-order valence-electron chi connectivity index (χ2n) is 8.55. The molecular weight excluding hydrogens is 400 g/mol. The lowest BCUT2D eigenvalue weighted by Crippen LogP contribution is -2.42. The van der Waals surface area contributed by atoms with E-state index in [1.807, 2.05) is 71.2 Å². The monoisotopic (exact) mass is 430 g/mol. The number of anilines is 1. The Morgan fingerprint density at radius 1 is 1.12 bits per heavy atom. The number of amides is 2. The highest BCUT2D eigenvalue weighted by atomic mass is 16.2. The van der Waals surface area contributed by atoms with E-state index in [9.17, 15) is 9.59 Å². The summed E-state index contributed by atoms with van der Waals surface area (Å²) in [6.45, 7) is 4.86. The number of benzene rings is 2. The zero-order valence-corrected chi connectivity index (χ0v) is 18.8. The summed E-state index contributed by atoms with van der Waals surface area (Å²) in [7, 11) is 0. The maximum atomic E-state index is 12.9. The normalized spacial score (nSPS) is 16.1. The van der Waals surface area contributed by atoms with Gasteiger partial charge in [0, 0.05) is 36.5 Å². The number of piperidine rings is 1. The molecule has 0 aliphatic carbocycles. The van der Waals surface area contributed by atoms with Gasteiger partial charge < -0.3 is 10.2 Å². The van der Waals surface area contributed by atoms with Crippen LogP contribution in [-0.2, 0) is 11.2 Å². The van der Waals surface area contributed by atoms with Crippen LogP contribution in [0.5, 0.6) is 0 Å². The second kappa shape index (κ2) is 9.81.